The predicted octanol–water partition coefficient (Wildman–Crippen LogP) is 2.70. The van der Waals surface area contributed by atoms with Crippen LogP contribution in [0.3, 0.4) is 0 Å². The van der Waals surface area contributed by atoms with Crippen LogP contribution in [0.25, 0.3) is 0 Å². The Balaban J connectivity index is 2.10. The molecule has 1 unspecified atom stereocenters. The molecule has 110 valence electrons. The number of anilines is 1. The molecule has 1 aromatic heterocycles. The van der Waals surface area contributed by atoms with Crippen LogP contribution in [0.1, 0.15) is 56.4 Å². The average molecular weight is 276 g/mol. The molecule has 0 bridgehead atoms. The lowest BCUT2D eigenvalue weighted by Gasteiger charge is -2.26. The number of aromatic nitrogens is 2. The van der Waals surface area contributed by atoms with Gasteiger partial charge in [0.1, 0.15) is 11.5 Å². The van der Waals surface area contributed by atoms with Crippen LogP contribution < -0.4 is 5.32 Å². The van der Waals surface area contributed by atoms with Crippen molar-refractivity contribution in [3.05, 3.63) is 18.1 Å². The normalized spacial score (nSPS) is 19.5. The summed E-state index contributed by atoms with van der Waals surface area (Å²) in [5.41, 5.74) is 0.444. The first-order valence-electron chi connectivity index (χ1n) is 7.59. The molecule has 5 nitrogen and oxygen atoms in total. The number of rotatable bonds is 4. The summed E-state index contributed by atoms with van der Waals surface area (Å²) < 4.78 is 0. The Hall–Kier alpha value is -1.65. The molecule has 2 heterocycles. The van der Waals surface area contributed by atoms with Crippen LogP contribution in [-0.2, 0) is 0 Å². The summed E-state index contributed by atoms with van der Waals surface area (Å²) in [6.45, 7) is 5.88. The molecule has 0 spiro atoms. The van der Waals surface area contributed by atoms with Gasteiger partial charge in [0.05, 0.1) is 12.4 Å². The zero-order valence-corrected chi connectivity index (χ0v) is 12.4. The second-order valence-corrected chi connectivity index (χ2v) is 5.41. The molecule has 2 rings (SSSR count). The summed E-state index contributed by atoms with van der Waals surface area (Å²) in [6.07, 6.45) is 8.81. The lowest BCUT2D eigenvalue weighted by molar-refractivity contribution is 0.0691. The third-order valence-corrected chi connectivity index (χ3v) is 3.72. The Kier molecular flexibility index (Phi) is 5.32. The molecule has 1 aliphatic heterocycles. The third-order valence-electron chi connectivity index (χ3n) is 3.72. The molecule has 0 radical (unpaired) electrons. The molecule has 0 saturated carbocycles. The van der Waals surface area contributed by atoms with Gasteiger partial charge >= 0.3 is 0 Å². The highest BCUT2D eigenvalue weighted by Gasteiger charge is 2.24. The quantitative estimate of drug-likeness (QED) is 0.918. The largest absolute Gasteiger partial charge is 0.369 e. The first-order valence-corrected chi connectivity index (χ1v) is 7.59. The number of carbonyl (C=O) groups is 1. The number of nitrogens with zero attached hydrogens (tertiary/aromatic N) is 3. The van der Waals surface area contributed by atoms with Crippen molar-refractivity contribution in [3.8, 4) is 0 Å². The van der Waals surface area contributed by atoms with Crippen LogP contribution >= 0.6 is 0 Å². The summed E-state index contributed by atoms with van der Waals surface area (Å²) in [5, 5.41) is 3.17. The lowest BCUT2D eigenvalue weighted by Crippen LogP contribution is -2.38. The lowest BCUT2D eigenvalue weighted by atomic mass is 10.1. The Bertz CT molecular complexity index is 449. The highest BCUT2D eigenvalue weighted by atomic mass is 16.2. The van der Waals surface area contributed by atoms with Crippen LogP contribution in [0.5, 0.6) is 0 Å². The van der Waals surface area contributed by atoms with Crippen LogP contribution in [0.4, 0.5) is 5.82 Å². The smallest absolute Gasteiger partial charge is 0.274 e. The van der Waals surface area contributed by atoms with Crippen molar-refractivity contribution in [1.82, 2.24) is 14.9 Å². The van der Waals surface area contributed by atoms with Crippen LogP contribution in [0.15, 0.2) is 12.4 Å². The van der Waals surface area contributed by atoms with Crippen molar-refractivity contribution in [2.45, 2.75) is 52.0 Å². The minimum Gasteiger partial charge on any atom is -0.369 e. The predicted molar refractivity (Wildman–Crippen MR) is 79.8 cm³/mol. The van der Waals surface area contributed by atoms with Crippen molar-refractivity contribution in [2.75, 3.05) is 18.4 Å². The molecule has 1 N–H and O–H groups in total. The topological polar surface area (TPSA) is 58.1 Å². The van der Waals surface area contributed by atoms with Crippen molar-refractivity contribution in [2.24, 2.45) is 0 Å². The maximum absolute atomic E-state index is 12.6. The number of amides is 1. The van der Waals surface area contributed by atoms with Gasteiger partial charge in [-0.25, -0.2) is 4.98 Å². The zero-order valence-electron chi connectivity index (χ0n) is 12.4. The average Bonchev–Trinajstić information content (AvgIpc) is 2.69. The Morgan fingerprint density at radius 3 is 3.05 bits per heavy atom. The van der Waals surface area contributed by atoms with Gasteiger partial charge < -0.3 is 10.2 Å². The van der Waals surface area contributed by atoms with Gasteiger partial charge in [-0.05, 0) is 26.2 Å². The fourth-order valence-electron chi connectivity index (χ4n) is 2.53. The molecule has 20 heavy (non-hydrogen) atoms. The van der Waals surface area contributed by atoms with E-state index in [1.165, 1.54) is 12.8 Å². The number of hydrogen-bond donors (Lipinski definition) is 1. The Morgan fingerprint density at radius 1 is 1.40 bits per heavy atom. The van der Waals surface area contributed by atoms with Gasteiger partial charge in [0.25, 0.3) is 5.91 Å². The van der Waals surface area contributed by atoms with Crippen molar-refractivity contribution in [1.29, 1.82) is 0 Å². The summed E-state index contributed by atoms with van der Waals surface area (Å²) in [4.78, 5) is 23.0. The van der Waals surface area contributed by atoms with E-state index in [2.05, 4.69) is 29.1 Å². The minimum atomic E-state index is 0.00653. The molecular formula is C15H24N4O. The van der Waals surface area contributed by atoms with Gasteiger partial charge in [0, 0.05) is 19.1 Å². The fourth-order valence-corrected chi connectivity index (χ4v) is 2.53. The van der Waals surface area contributed by atoms with Crippen LogP contribution in [0.2, 0.25) is 0 Å². The summed E-state index contributed by atoms with van der Waals surface area (Å²) in [6, 6.07) is 0.291. The third kappa shape index (κ3) is 3.68. The van der Waals surface area contributed by atoms with Gasteiger partial charge in [0.2, 0.25) is 0 Å². The molecule has 1 saturated heterocycles. The molecule has 1 atom stereocenters. The van der Waals surface area contributed by atoms with E-state index < -0.39 is 0 Å². The van der Waals surface area contributed by atoms with E-state index in [1.54, 1.807) is 12.4 Å². The first kappa shape index (κ1) is 14.8. The minimum absolute atomic E-state index is 0.00653. The number of hydrogen-bond acceptors (Lipinski definition) is 4. The molecule has 0 aliphatic carbocycles. The maximum Gasteiger partial charge on any atom is 0.274 e. The van der Waals surface area contributed by atoms with Crippen molar-refractivity contribution in [3.63, 3.8) is 0 Å². The second-order valence-electron chi connectivity index (χ2n) is 5.41. The maximum atomic E-state index is 12.6. The SMILES string of the molecule is CCCNc1cncc(C(=O)N2CCCCCC2C)n1. The summed E-state index contributed by atoms with van der Waals surface area (Å²) >= 11 is 0. The van der Waals surface area contributed by atoms with Gasteiger partial charge in [-0.3, -0.25) is 9.78 Å². The van der Waals surface area contributed by atoms with E-state index in [1.807, 2.05) is 4.90 Å². The van der Waals surface area contributed by atoms with E-state index >= 15 is 0 Å². The molecule has 0 aromatic carbocycles. The number of nitrogens with one attached hydrogen (secondary N) is 1. The fraction of sp³-hybridized carbons (Fsp3) is 0.667. The molecular weight excluding hydrogens is 252 g/mol. The number of likely N-dealkylation sites (tertiary alicyclic amines) is 1. The van der Waals surface area contributed by atoms with E-state index in [0.29, 0.717) is 17.6 Å². The van der Waals surface area contributed by atoms with Crippen LogP contribution in [-0.4, -0.2) is 39.9 Å². The monoisotopic (exact) mass is 276 g/mol. The van der Waals surface area contributed by atoms with Gasteiger partial charge in [-0.15, -0.1) is 0 Å². The van der Waals surface area contributed by atoms with Crippen molar-refractivity contribution < 1.29 is 4.79 Å². The second kappa shape index (κ2) is 7.22. The first-order chi connectivity index (χ1) is 9.72. The summed E-state index contributed by atoms with van der Waals surface area (Å²) in [7, 11) is 0. The van der Waals surface area contributed by atoms with E-state index in [4.69, 9.17) is 0 Å². The molecule has 1 aromatic rings. The van der Waals surface area contributed by atoms with Gasteiger partial charge in [-0.1, -0.05) is 19.8 Å². The van der Waals surface area contributed by atoms with Crippen molar-refractivity contribution >= 4 is 11.7 Å². The zero-order chi connectivity index (χ0) is 14.4. The standard InChI is InChI=1S/C15H24N4O/c1-3-8-17-14-11-16-10-13(18-14)15(20)19-9-6-4-5-7-12(19)2/h10-12H,3-9H2,1-2H3,(H,17,18). The van der Waals surface area contributed by atoms with Crippen LogP contribution in [0, 0.1) is 0 Å². The molecule has 5 heteroatoms. The molecule has 1 amide bonds. The number of carbonyl (C=O) groups excluding carboxylic acids is 1. The highest BCUT2D eigenvalue weighted by molar-refractivity contribution is 5.92. The van der Waals surface area contributed by atoms with Gasteiger partial charge in [0.15, 0.2) is 0 Å². The van der Waals surface area contributed by atoms with E-state index in [-0.39, 0.29) is 5.91 Å². The Labute approximate surface area is 120 Å². The van der Waals surface area contributed by atoms with E-state index in [0.717, 1.165) is 32.4 Å². The summed E-state index contributed by atoms with van der Waals surface area (Å²) in [5.74, 6) is 0.687. The highest BCUT2D eigenvalue weighted by Crippen LogP contribution is 2.18. The molecule has 1 aliphatic rings. The van der Waals surface area contributed by atoms with E-state index in [9.17, 15) is 4.79 Å². The Morgan fingerprint density at radius 2 is 2.25 bits per heavy atom. The van der Waals surface area contributed by atoms with Gasteiger partial charge in [-0.2, -0.15) is 0 Å². The molecule has 1 fully saturated rings.